The van der Waals surface area contributed by atoms with Gasteiger partial charge in [-0.3, -0.25) is 4.79 Å². The van der Waals surface area contributed by atoms with Gasteiger partial charge in [-0.05, 0) is 42.3 Å². The zero-order valence-electron chi connectivity index (χ0n) is 17.0. The summed E-state index contributed by atoms with van der Waals surface area (Å²) in [7, 11) is 2.06. The summed E-state index contributed by atoms with van der Waals surface area (Å²) in [5.41, 5.74) is 1.83. The number of hydrogen-bond acceptors (Lipinski definition) is 3. The van der Waals surface area contributed by atoms with Crippen molar-refractivity contribution in [1.29, 1.82) is 0 Å². The van der Waals surface area contributed by atoms with Gasteiger partial charge in [0.15, 0.2) is 0 Å². The molecule has 1 N–H and O–H groups in total. The number of nitrogens with one attached hydrogen (secondary N) is 1. The lowest BCUT2D eigenvalue weighted by Crippen LogP contribution is -2.49. The third-order valence-corrected chi connectivity index (χ3v) is 6.02. The lowest BCUT2D eigenvalue weighted by molar-refractivity contribution is -0.137. The van der Waals surface area contributed by atoms with Gasteiger partial charge in [0, 0.05) is 38.1 Å². The quantitative estimate of drug-likeness (QED) is 0.808. The summed E-state index contributed by atoms with van der Waals surface area (Å²) < 4.78 is 38.8. The maximum Gasteiger partial charge on any atom is 0.416 e. The topological polar surface area (TPSA) is 35.6 Å². The van der Waals surface area contributed by atoms with E-state index in [-0.39, 0.29) is 11.9 Å². The Hall–Kier alpha value is -2.38. The molecule has 4 nitrogen and oxygen atoms in total. The van der Waals surface area contributed by atoms with E-state index in [1.165, 1.54) is 12.1 Å². The summed E-state index contributed by atoms with van der Waals surface area (Å²) in [6.45, 7) is 3.74. The van der Waals surface area contributed by atoms with Crippen LogP contribution in [0.4, 0.5) is 13.2 Å². The van der Waals surface area contributed by atoms with E-state index in [0.717, 1.165) is 49.8 Å². The molecule has 2 atom stereocenters. The van der Waals surface area contributed by atoms with Crippen molar-refractivity contribution >= 4 is 5.91 Å². The van der Waals surface area contributed by atoms with Crippen molar-refractivity contribution in [2.24, 2.45) is 0 Å². The molecule has 2 aliphatic rings. The SMILES string of the molecule is CN1CCN(C(=O)CNC2CC2c2ccc(-c3cccc(C(F)(F)F)c3)cc2)CC1. The van der Waals surface area contributed by atoms with Crippen LogP contribution in [0.2, 0.25) is 0 Å². The van der Waals surface area contributed by atoms with Crippen molar-refractivity contribution in [1.82, 2.24) is 15.1 Å². The molecule has 0 radical (unpaired) electrons. The van der Waals surface area contributed by atoms with Gasteiger partial charge in [0.25, 0.3) is 0 Å². The van der Waals surface area contributed by atoms with Crippen LogP contribution in [-0.4, -0.2) is 61.5 Å². The molecule has 2 fully saturated rings. The molecule has 1 saturated heterocycles. The summed E-state index contributed by atoms with van der Waals surface area (Å²) >= 11 is 0. The van der Waals surface area contributed by atoms with Gasteiger partial charge in [-0.2, -0.15) is 13.2 Å². The Balaban J connectivity index is 1.31. The Kier molecular flexibility index (Phi) is 5.84. The van der Waals surface area contributed by atoms with E-state index in [2.05, 4.69) is 17.3 Å². The Morgan fingerprint density at radius 3 is 2.40 bits per heavy atom. The Morgan fingerprint density at radius 2 is 1.73 bits per heavy atom. The highest BCUT2D eigenvalue weighted by Gasteiger charge is 2.38. The second-order valence-electron chi connectivity index (χ2n) is 8.21. The number of carbonyl (C=O) groups excluding carboxylic acids is 1. The van der Waals surface area contributed by atoms with Crippen molar-refractivity contribution in [2.45, 2.75) is 24.6 Å². The fourth-order valence-electron chi connectivity index (χ4n) is 3.97. The second-order valence-corrected chi connectivity index (χ2v) is 8.21. The maximum absolute atomic E-state index is 12.9. The molecule has 0 aromatic heterocycles. The first-order valence-corrected chi connectivity index (χ1v) is 10.3. The van der Waals surface area contributed by atoms with Crippen molar-refractivity contribution < 1.29 is 18.0 Å². The van der Waals surface area contributed by atoms with Gasteiger partial charge in [-0.15, -0.1) is 0 Å². The first kappa shape index (κ1) is 20.9. The van der Waals surface area contributed by atoms with Crippen LogP contribution in [0.25, 0.3) is 11.1 Å². The number of carbonyl (C=O) groups is 1. The molecule has 1 heterocycles. The van der Waals surface area contributed by atoms with E-state index in [0.29, 0.717) is 18.0 Å². The predicted octanol–water partition coefficient (Wildman–Crippen LogP) is 3.59. The minimum atomic E-state index is -4.34. The molecule has 4 rings (SSSR count). The lowest BCUT2D eigenvalue weighted by Gasteiger charge is -2.32. The van der Waals surface area contributed by atoms with Gasteiger partial charge in [-0.25, -0.2) is 0 Å². The molecule has 1 aliphatic heterocycles. The monoisotopic (exact) mass is 417 g/mol. The van der Waals surface area contributed by atoms with Crippen molar-refractivity contribution in [2.75, 3.05) is 39.8 Å². The summed E-state index contributed by atoms with van der Waals surface area (Å²) in [6.07, 6.45) is -3.37. The van der Waals surface area contributed by atoms with Crippen LogP contribution in [-0.2, 0) is 11.0 Å². The Morgan fingerprint density at radius 1 is 1.03 bits per heavy atom. The minimum Gasteiger partial charge on any atom is -0.339 e. The fraction of sp³-hybridized carbons (Fsp3) is 0.435. The fourth-order valence-corrected chi connectivity index (χ4v) is 3.97. The number of hydrogen-bond donors (Lipinski definition) is 1. The third-order valence-electron chi connectivity index (χ3n) is 6.02. The van der Waals surface area contributed by atoms with E-state index in [1.54, 1.807) is 6.07 Å². The normalized spacial score (nSPS) is 22.2. The number of likely N-dealkylation sites (N-methyl/N-ethyl adjacent to an activating group) is 1. The summed E-state index contributed by atoms with van der Waals surface area (Å²) in [4.78, 5) is 16.5. The molecule has 0 spiro atoms. The van der Waals surface area contributed by atoms with Crippen molar-refractivity contribution in [3.63, 3.8) is 0 Å². The Labute approximate surface area is 174 Å². The molecular formula is C23H26F3N3O. The number of amides is 1. The van der Waals surface area contributed by atoms with Gasteiger partial charge in [0.1, 0.15) is 0 Å². The molecule has 2 aromatic rings. The second kappa shape index (κ2) is 8.40. The highest BCUT2D eigenvalue weighted by atomic mass is 19.4. The maximum atomic E-state index is 12.9. The molecule has 2 aromatic carbocycles. The summed E-state index contributed by atoms with van der Waals surface area (Å²) in [5, 5.41) is 3.35. The smallest absolute Gasteiger partial charge is 0.339 e. The minimum absolute atomic E-state index is 0.147. The summed E-state index contributed by atoms with van der Waals surface area (Å²) in [6, 6.07) is 13.4. The van der Waals surface area contributed by atoms with Crippen LogP contribution in [0.15, 0.2) is 48.5 Å². The van der Waals surface area contributed by atoms with Crippen molar-refractivity contribution in [3.05, 3.63) is 59.7 Å². The zero-order chi connectivity index (χ0) is 21.3. The number of rotatable bonds is 5. The summed E-state index contributed by atoms with van der Waals surface area (Å²) in [5.74, 6) is 0.495. The van der Waals surface area contributed by atoms with Crippen LogP contribution in [0.1, 0.15) is 23.5 Å². The highest BCUT2D eigenvalue weighted by Crippen LogP contribution is 2.41. The number of alkyl halides is 3. The van der Waals surface area contributed by atoms with Gasteiger partial charge in [0.05, 0.1) is 12.1 Å². The standard InChI is InChI=1S/C23H26F3N3O/c1-28-9-11-29(12-10-28)22(30)15-27-21-14-20(21)17-7-5-16(6-8-17)18-3-2-4-19(13-18)23(24,25)26/h2-8,13,20-21,27H,9-12,14-15H2,1H3. The van der Waals surface area contributed by atoms with Gasteiger partial charge in [-0.1, -0.05) is 36.4 Å². The van der Waals surface area contributed by atoms with Crippen LogP contribution in [0.5, 0.6) is 0 Å². The van der Waals surface area contributed by atoms with Crippen LogP contribution in [0, 0.1) is 0 Å². The average Bonchev–Trinajstić information content (AvgIpc) is 3.52. The number of piperazine rings is 1. The van der Waals surface area contributed by atoms with E-state index in [1.807, 2.05) is 29.2 Å². The molecule has 2 unspecified atom stereocenters. The van der Waals surface area contributed by atoms with Gasteiger partial charge >= 0.3 is 6.18 Å². The molecule has 1 aliphatic carbocycles. The lowest BCUT2D eigenvalue weighted by atomic mass is 10.0. The van der Waals surface area contributed by atoms with Crippen LogP contribution >= 0.6 is 0 Å². The molecule has 7 heteroatoms. The van der Waals surface area contributed by atoms with Gasteiger partial charge in [0.2, 0.25) is 5.91 Å². The van der Waals surface area contributed by atoms with E-state index < -0.39 is 11.7 Å². The van der Waals surface area contributed by atoms with E-state index in [4.69, 9.17) is 0 Å². The highest BCUT2D eigenvalue weighted by molar-refractivity contribution is 5.78. The predicted molar refractivity (Wildman–Crippen MR) is 110 cm³/mol. The molecule has 160 valence electrons. The molecule has 30 heavy (non-hydrogen) atoms. The van der Waals surface area contributed by atoms with Gasteiger partial charge < -0.3 is 15.1 Å². The largest absolute Gasteiger partial charge is 0.416 e. The molecule has 1 amide bonds. The number of benzene rings is 2. The first-order valence-electron chi connectivity index (χ1n) is 10.3. The number of halogens is 3. The van der Waals surface area contributed by atoms with Crippen LogP contribution < -0.4 is 5.32 Å². The molecule has 0 bridgehead atoms. The number of nitrogens with zero attached hydrogens (tertiary/aromatic N) is 2. The average molecular weight is 417 g/mol. The third kappa shape index (κ3) is 4.84. The zero-order valence-corrected chi connectivity index (χ0v) is 17.0. The van der Waals surface area contributed by atoms with E-state index in [9.17, 15) is 18.0 Å². The first-order chi connectivity index (χ1) is 14.3. The molecular weight excluding hydrogens is 391 g/mol. The van der Waals surface area contributed by atoms with E-state index >= 15 is 0 Å². The van der Waals surface area contributed by atoms with Crippen molar-refractivity contribution in [3.8, 4) is 11.1 Å². The molecule has 1 saturated carbocycles. The Bertz CT molecular complexity index is 889. The van der Waals surface area contributed by atoms with Crippen LogP contribution in [0.3, 0.4) is 0 Å².